The quantitative estimate of drug-likeness (QED) is 0.413. The standard InChI is InChI=1S/2C8H14O2.C4H6O2/c1-6(7(9)10)5-8(2,3)4;1-3-4-5-6-7(2)8(9)10;1-3(2)4(5)6/h1,5H2,2-4H3,(H,9,10);2-6H2,1H3,(H,9,10);1H2,2H3,(H,5,6). The van der Waals surface area contributed by atoms with Crippen LogP contribution in [0.4, 0.5) is 0 Å². The molecule has 3 N–H and O–H groups in total. The van der Waals surface area contributed by atoms with E-state index in [9.17, 15) is 14.4 Å². The van der Waals surface area contributed by atoms with Gasteiger partial charge in [0.2, 0.25) is 0 Å². The Morgan fingerprint density at radius 3 is 1.38 bits per heavy atom. The second-order valence-corrected chi connectivity index (χ2v) is 7.10. The molecular formula is C20H34O6. The largest absolute Gasteiger partial charge is 0.478 e. The molecule has 0 spiro atoms. The highest BCUT2D eigenvalue weighted by Gasteiger charge is 2.15. The molecule has 0 aliphatic carbocycles. The molecule has 6 nitrogen and oxygen atoms in total. The second-order valence-electron chi connectivity index (χ2n) is 7.10. The van der Waals surface area contributed by atoms with Crippen molar-refractivity contribution in [2.24, 2.45) is 5.41 Å². The lowest BCUT2D eigenvalue weighted by molar-refractivity contribution is -0.133. The molecule has 0 radical (unpaired) electrons. The maximum Gasteiger partial charge on any atom is 0.330 e. The summed E-state index contributed by atoms with van der Waals surface area (Å²) in [5, 5.41) is 24.7. The van der Waals surface area contributed by atoms with Crippen LogP contribution in [0, 0.1) is 5.41 Å². The molecule has 0 heterocycles. The van der Waals surface area contributed by atoms with E-state index in [1.807, 2.05) is 20.8 Å². The number of unbranched alkanes of at least 4 members (excludes halogenated alkanes) is 2. The lowest BCUT2D eigenvalue weighted by Crippen LogP contribution is -2.10. The van der Waals surface area contributed by atoms with Gasteiger partial charge in [-0.1, -0.05) is 60.3 Å². The molecular weight excluding hydrogens is 336 g/mol. The highest BCUT2D eigenvalue weighted by atomic mass is 16.4. The van der Waals surface area contributed by atoms with E-state index in [0.29, 0.717) is 18.4 Å². The normalized spacial score (nSPS) is 9.58. The lowest BCUT2D eigenvalue weighted by atomic mass is 9.88. The number of carbonyl (C=O) groups is 3. The van der Waals surface area contributed by atoms with Gasteiger partial charge in [-0.2, -0.15) is 0 Å². The van der Waals surface area contributed by atoms with Crippen LogP contribution < -0.4 is 0 Å². The highest BCUT2D eigenvalue weighted by Crippen LogP contribution is 2.22. The van der Waals surface area contributed by atoms with Gasteiger partial charge in [0.05, 0.1) is 0 Å². The average molecular weight is 370 g/mol. The van der Waals surface area contributed by atoms with E-state index in [1.165, 1.54) is 6.92 Å². The molecule has 0 saturated heterocycles. The Morgan fingerprint density at radius 2 is 1.19 bits per heavy atom. The first-order valence-corrected chi connectivity index (χ1v) is 8.36. The van der Waals surface area contributed by atoms with Crippen LogP contribution in [0.5, 0.6) is 0 Å². The molecule has 0 fully saturated rings. The van der Waals surface area contributed by atoms with Gasteiger partial charge >= 0.3 is 17.9 Å². The third kappa shape index (κ3) is 23.9. The first-order valence-electron chi connectivity index (χ1n) is 8.36. The van der Waals surface area contributed by atoms with Crippen LogP contribution in [0.3, 0.4) is 0 Å². The van der Waals surface area contributed by atoms with E-state index in [2.05, 4.69) is 26.7 Å². The van der Waals surface area contributed by atoms with Gasteiger partial charge in [-0.15, -0.1) is 0 Å². The summed E-state index contributed by atoms with van der Waals surface area (Å²) in [6, 6.07) is 0. The first kappa shape index (κ1) is 28.4. The number of hydrogen-bond acceptors (Lipinski definition) is 3. The van der Waals surface area contributed by atoms with Crippen LogP contribution in [0.15, 0.2) is 36.5 Å². The third-order valence-corrected chi connectivity index (χ3v) is 2.80. The Kier molecular flexibility index (Phi) is 16.3. The molecule has 150 valence electrons. The van der Waals surface area contributed by atoms with Gasteiger partial charge in [-0.25, -0.2) is 14.4 Å². The minimum absolute atomic E-state index is 0.0233. The Balaban J connectivity index is -0.000000316. The SMILES string of the molecule is C=C(C)C(=O)O.C=C(CC(C)(C)C)C(=O)O.C=C(CCCCC)C(=O)O. The predicted octanol–water partition coefficient (Wildman–Crippen LogP) is 4.92. The van der Waals surface area contributed by atoms with E-state index in [-0.39, 0.29) is 16.6 Å². The van der Waals surface area contributed by atoms with Gasteiger partial charge in [0.1, 0.15) is 0 Å². The van der Waals surface area contributed by atoms with Crippen molar-refractivity contribution in [2.45, 2.75) is 66.7 Å². The van der Waals surface area contributed by atoms with Crippen LogP contribution in [-0.4, -0.2) is 33.2 Å². The lowest BCUT2D eigenvalue weighted by Gasteiger charge is -2.17. The summed E-state index contributed by atoms with van der Waals surface area (Å²) in [6.07, 6.45) is 4.33. The van der Waals surface area contributed by atoms with E-state index >= 15 is 0 Å². The van der Waals surface area contributed by atoms with Gasteiger partial charge < -0.3 is 15.3 Å². The van der Waals surface area contributed by atoms with Crippen molar-refractivity contribution in [3.63, 3.8) is 0 Å². The van der Waals surface area contributed by atoms with Gasteiger partial charge in [-0.05, 0) is 31.6 Å². The molecule has 0 amide bonds. The van der Waals surface area contributed by atoms with Crippen molar-refractivity contribution < 1.29 is 29.7 Å². The Bertz CT molecular complexity index is 497. The van der Waals surface area contributed by atoms with Crippen LogP contribution in [0.2, 0.25) is 0 Å². The average Bonchev–Trinajstić information content (AvgIpc) is 2.46. The smallest absolute Gasteiger partial charge is 0.330 e. The predicted molar refractivity (Wildman–Crippen MR) is 104 cm³/mol. The number of carboxylic acids is 3. The minimum Gasteiger partial charge on any atom is -0.478 e. The maximum absolute atomic E-state index is 10.3. The van der Waals surface area contributed by atoms with Crippen molar-refractivity contribution in [3.8, 4) is 0 Å². The topological polar surface area (TPSA) is 112 Å². The molecule has 0 saturated carbocycles. The van der Waals surface area contributed by atoms with Crippen LogP contribution >= 0.6 is 0 Å². The van der Waals surface area contributed by atoms with Crippen molar-refractivity contribution in [1.29, 1.82) is 0 Å². The number of hydrogen-bond donors (Lipinski definition) is 3. The monoisotopic (exact) mass is 370 g/mol. The summed E-state index contributed by atoms with van der Waals surface area (Å²) < 4.78 is 0. The highest BCUT2D eigenvalue weighted by molar-refractivity contribution is 5.86. The first-order chi connectivity index (χ1) is 11.7. The van der Waals surface area contributed by atoms with Gasteiger partial charge in [0.15, 0.2) is 0 Å². The molecule has 0 unspecified atom stereocenters. The molecule has 0 atom stereocenters. The van der Waals surface area contributed by atoms with Gasteiger partial charge in [0.25, 0.3) is 0 Å². The number of aliphatic carboxylic acids is 3. The summed E-state index contributed by atoms with van der Waals surface area (Å²) in [7, 11) is 0. The maximum atomic E-state index is 10.3. The molecule has 0 aromatic heterocycles. The van der Waals surface area contributed by atoms with Crippen molar-refractivity contribution in [3.05, 3.63) is 36.5 Å². The number of carboxylic acid groups (broad SMARTS) is 3. The molecule has 0 bridgehead atoms. The zero-order valence-electron chi connectivity index (χ0n) is 16.7. The summed E-state index contributed by atoms with van der Waals surface area (Å²) >= 11 is 0. The summed E-state index contributed by atoms with van der Waals surface area (Å²) in [5.74, 6) is -2.69. The van der Waals surface area contributed by atoms with E-state index < -0.39 is 17.9 Å². The van der Waals surface area contributed by atoms with E-state index in [4.69, 9.17) is 15.3 Å². The Hall–Kier alpha value is -2.37. The van der Waals surface area contributed by atoms with Crippen LogP contribution in [0.1, 0.15) is 66.7 Å². The van der Waals surface area contributed by atoms with Crippen LogP contribution in [0.25, 0.3) is 0 Å². The molecule has 0 aromatic carbocycles. The summed E-state index contributed by atoms with van der Waals surface area (Å²) in [4.78, 5) is 30.1. The third-order valence-electron chi connectivity index (χ3n) is 2.80. The Labute approximate surface area is 156 Å². The fourth-order valence-electron chi connectivity index (χ4n) is 1.41. The molecule has 6 heteroatoms. The van der Waals surface area contributed by atoms with Gasteiger partial charge in [0, 0.05) is 16.7 Å². The molecule has 0 aromatic rings. The van der Waals surface area contributed by atoms with E-state index in [1.54, 1.807) is 0 Å². The fourth-order valence-corrected chi connectivity index (χ4v) is 1.41. The second kappa shape index (κ2) is 14.9. The number of rotatable bonds is 8. The van der Waals surface area contributed by atoms with Crippen molar-refractivity contribution in [1.82, 2.24) is 0 Å². The van der Waals surface area contributed by atoms with Crippen molar-refractivity contribution in [2.75, 3.05) is 0 Å². The molecule has 0 rings (SSSR count). The minimum atomic E-state index is -0.935. The molecule has 26 heavy (non-hydrogen) atoms. The summed E-state index contributed by atoms with van der Waals surface area (Å²) in [5.41, 5.74) is 0.811. The zero-order chi connectivity index (χ0) is 21.5. The van der Waals surface area contributed by atoms with Gasteiger partial charge in [-0.3, -0.25) is 0 Å². The summed E-state index contributed by atoms with van der Waals surface area (Å²) in [6.45, 7) is 19.5. The van der Waals surface area contributed by atoms with Crippen LogP contribution in [-0.2, 0) is 14.4 Å². The van der Waals surface area contributed by atoms with E-state index in [0.717, 1.165) is 19.3 Å². The Morgan fingerprint density at radius 1 is 0.808 bits per heavy atom. The zero-order valence-corrected chi connectivity index (χ0v) is 16.7. The molecule has 0 aliphatic heterocycles. The fraction of sp³-hybridized carbons (Fsp3) is 0.550. The van der Waals surface area contributed by atoms with Crippen molar-refractivity contribution >= 4 is 17.9 Å². The molecule has 0 aliphatic rings.